The van der Waals surface area contributed by atoms with Crippen molar-refractivity contribution < 1.29 is 19.2 Å². The molecule has 0 spiro atoms. The molecule has 0 fully saturated rings. The van der Waals surface area contributed by atoms with Gasteiger partial charge in [0.05, 0.1) is 18.6 Å². The van der Waals surface area contributed by atoms with Crippen molar-refractivity contribution in [2.75, 3.05) is 26.7 Å². The number of hydrogen-bond donors (Lipinski definition) is 3. The summed E-state index contributed by atoms with van der Waals surface area (Å²) in [4.78, 5) is 56.3. The number of benzene rings is 2. The molecule has 0 saturated heterocycles. The average Bonchev–Trinajstić information content (AvgIpc) is 2.85. The highest BCUT2D eigenvalue weighted by molar-refractivity contribution is 6.46. The summed E-state index contributed by atoms with van der Waals surface area (Å²) >= 11 is 0. The number of nitrogens with zero attached hydrogens (tertiary/aromatic N) is 2. The number of aliphatic imine (C=N–C) groups is 1. The van der Waals surface area contributed by atoms with Crippen LogP contribution in [0, 0.1) is 0 Å². The Kier molecular flexibility index (Phi) is 8.35. The summed E-state index contributed by atoms with van der Waals surface area (Å²) in [6.45, 7) is 3.55. The molecule has 1 atom stereocenters. The highest BCUT2D eigenvalue weighted by Crippen LogP contribution is 2.20. The molecule has 184 valence electrons. The molecule has 2 aromatic rings. The van der Waals surface area contributed by atoms with E-state index in [4.69, 9.17) is 0 Å². The maximum Gasteiger partial charge on any atom is 0.273 e. The van der Waals surface area contributed by atoms with Crippen molar-refractivity contribution >= 4 is 29.3 Å². The SMILES string of the molecule is CNC(=O)[C@H](Cc1ccccc1)NC(=O)CNC(=O)CN1CC(C)(C)N=C(c2ccccc2)C1=O. The van der Waals surface area contributed by atoms with Gasteiger partial charge < -0.3 is 20.9 Å². The van der Waals surface area contributed by atoms with Gasteiger partial charge in [0.15, 0.2) is 0 Å². The van der Waals surface area contributed by atoms with E-state index in [1.807, 2.05) is 62.4 Å². The molecule has 0 saturated carbocycles. The number of hydrogen-bond acceptors (Lipinski definition) is 5. The van der Waals surface area contributed by atoms with E-state index in [1.54, 1.807) is 12.1 Å². The lowest BCUT2D eigenvalue weighted by atomic mass is 9.98. The van der Waals surface area contributed by atoms with Gasteiger partial charge in [0.25, 0.3) is 5.91 Å². The van der Waals surface area contributed by atoms with E-state index < -0.39 is 23.4 Å². The summed E-state index contributed by atoms with van der Waals surface area (Å²) in [5.74, 6) is -1.64. The zero-order valence-electron chi connectivity index (χ0n) is 20.2. The second kappa shape index (κ2) is 11.4. The Balaban J connectivity index is 1.57. The topological polar surface area (TPSA) is 120 Å². The first-order valence-electron chi connectivity index (χ1n) is 11.4. The van der Waals surface area contributed by atoms with Gasteiger partial charge in [0.1, 0.15) is 11.8 Å². The van der Waals surface area contributed by atoms with Gasteiger partial charge in [-0.1, -0.05) is 60.7 Å². The molecular formula is C26H31N5O4. The highest BCUT2D eigenvalue weighted by atomic mass is 16.2. The van der Waals surface area contributed by atoms with Crippen molar-refractivity contribution in [1.29, 1.82) is 0 Å². The van der Waals surface area contributed by atoms with Gasteiger partial charge in [-0.2, -0.15) is 0 Å². The van der Waals surface area contributed by atoms with Crippen molar-refractivity contribution in [3.8, 4) is 0 Å². The minimum Gasteiger partial charge on any atom is -0.357 e. The maximum atomic E-state index is 13.0. The number of rotatable bonds is 9. The zero-order chi connectivity index (χ0) is 25.4. The normalized spacial score (nSPS) is 15.6. The van der Waals surface area contributed by atoms with Gasteiger partial charge in [0, 0.05) is 25.6 Å². The van der Waals surface area contributed by atoms with E-state index in [1.165, 1.54) is 11.9 Å². The molecule has 0 aromatic heterocycles. The van der Waals surface area contributed by atoms with Crippen molar-refractivity contribution in [2.45, 2.75) is 31.8 Å². The molecule has 3 rings (SSSR count). The van der Waals surface area contributed by atoms with E-state index in [0.29, 0.717) is 17.7 Å². The molecule has 9 nitrogen and oxygen atoms in total. The van der Waals surface area contributed by atoms with Crippen LogP contribution in [0.3, 0.4) is 0 Å². The third kappa shape index (κ3) is 7.23. The van der Waals surface area contributed by atoms with Crippen LogP contribution in [0.15, 0.2) is 65.7 Å². The second-order valence-electron chi connectivity index (χ2n) is 9.00. The molecule has 0 bridgehead atoms. The third-order valence-electron chi connectivity index (χ3n) is 5.49. The van der Waals surface area contributed by atoms with Gasteiger partial charge in [-0.05, 0) is 19.4 Å². The van der Waals surface area contributed by atoms with Gasteiger partial charge in [0.2, 0.25) is 17.7 Å². The van der Waals surface area contributed by atoms with Crippen molar-refractivity contribution in [1.82, 2.24) is 20.9 Å². The first kappa shape index (κ1) is 25.6. The quantitative estimate of drug-likeness (QED) is 0.492. The smallest absolute Gasteiger partial charge is 0.273 e. The minimum absolute atomic E-state index is 0.204. The summed E-state index contributed by atoms with van der Waals surface area (Å²) in [7, 11) is 1.50. The Morgan fingerprint density at radius 1 is 1.00 bits per heavy atom. The molecule has 1 heterocycles. The monoisotopic (exact) mass is 477 g/mol. The van der Waals surface area contributed by atoms with E-state index in [0.717, 1.165) is 5.56 Å². The fourth-order valence-electron chi connectivity index (χ4n) is 3.87. The molecule has 9 heteroatoms. The average molecular weight is 478 g/mol. The van der Waals surface area contributed by atoms with E-state index in [2.05, 4.69) is 20.9 Å². The number of carbonyl (C=O) groups is 4. The largest absolute Gasteiger partial charge is 0.357 e. The first-order chi connectivity index (χ1) is 16.7. The van der Waals surface area contributed by atoms with Crippen LogP contribution in [-0.4, -0.2) is 72.5 Å². The second-order valence-corrected chi connectivity index (χ2v) is 9.00. The lowest BCUT2D eigenvalue weighted by Crippen LogP contribution is -2.54. The van der Waals surface area contributed by atoms with E-state index in [-0.39, 0.29) is 31.4 Å². The zero-order valence-corrected chi connectivity index (χ0v) is 20.2. The Labute approximate surface area is 205 Å². The molecule has 1 aliphatic heterocycles. The highest BCUT2D eigenvalue weighted by Gasteiger charge is 2.35. The van der Waals surface area contributed by atoms with Crippen LogP contribution in [0.1, 0.15) is 25.0 Å². The number of carbonyl (C=O) groups excluding carboxylic acids is 4. The summed E-state index contributed by atoms with van der Waals surface area (Å²) in [6.07, 6.45) is 0.319. The molecule has 2 aromatic carbocycles. The molecule has 35 heavy (non-hydrogen) atoms. The number of amides is 4. The van der Waals surface area contributed by atoms with Crippen LogP contribution in [-0.2, 0) is 25.6 Å². The van der Waals surface area contributed by atoms with Crippen LogP contribution >= 0.6 is 0 Å². The van der Waals surface area contributed by atoms with Crippen LogP contribution in [0.25, 0.3) is 0 Å². The van der Waals surface area contributed by atoms with E-state index >= 15 is 0 Å². The third-order valence-corrected chi connectivity index (χ3v) is 5.49. The van der Waals surface area contributed by atoms with Gasteiger partial charge in [-0.15, -0.1) is 0 Å². The Morgan fingerprint density at radius 3 is 2.26 bits per heavy atom. The van der Waals surface area contributed by atoms with Crippen LogP contribution in [0.2, 0.25) is 0 Å². The van der Waals surface area contributed by atoms with Gasteiger partial charge in [-0.25, -0.2) is 0 Å². The number of nitrogens with one attached hydrogen (secondary N) is 3. The van der Waals surface area contributed by atoms with Gasteiger partial charge in [-0.3, -0.25) is 24.2 Å². The van der Waals surface area contributed by atoms with Gasteiger partial charge >= 0.3 is 0 Å². The molecule has 0 radical (unpaired) electrons. The number of likely N-dealkylation sites (N-methyl/N-ethyl adjacent to an activating group) is 1. The predicted octanol–water partition coefficient (Wildman–Crippen LogP) is 0.686. The molecule has 4 amide bonds. The standard InChI is InChI=1S/C26H31N5O4/c1-26(2)17-31(25(35)23(30-26)19-12-8-5-9-13-19)16-22(33)28-15-21(32)29-20(24(34)27-3)14-18-10-6-4-7-11-18/h4-13,20H,14-17H2,1-3H3,(H,27,34)(H,28,33)(H,29,32)/t20-/m0/s1. The molecule has 0 aliphatic carbocycles. The summed E-state index contributed by atoms with van der Waals surface area (Å²) in [5.41, 5.74) is 1.33. The lowest BCUT2D eigenvalue weighted by molar-refractivity contribution is -0.133. The van der Waals surface area contributed by atoms with Crippen molar-refractivity contribution in [2.24, 2.45) is 4.99 Å². The predicted molar refractivity (Wildman–Crippen MR) is 133 cm³/mol. The maximum absolute atomic E-state index is 13.0. The van der Waals surface area contributed by atoms with E-state index in [9.17, 15) is 19.2 Å². The van der Waals surface area contributed by atoms with Crippen LogP contribution in [0.4, 0.5) is 0 Å². The Hall–Kier alpha value is -4.01. The molecule has 0 unspecified atom stereocenters. The summed E-state index contributed by atoms with van der Waals surface area (Å²) in [6, 6.07) is 17.7. The summed E-state index contributed by atoms with van der Waals surface area (Å²) < 4.78 is 0. The van der Waals surface area contributed by atoms with Crippen molar-refractivity contribution in [3.05, 3.63) is 71.8 Å². The summed E-state index contributed by atoms with van der Waals surface area (Å²) in [5, 5.41) is 7.75. The fourth-order valence-corrected chi connectivity index (χ4v) is 3.87. The Bertz CT molecular complexity index is 1100. The fraction of sp³-hybridized carbons (Fsp3) is 0.346. The van der Waals surface area contributed by atoms with Crippen LogP contribution < -0.4 is 16.0 Å². The molecule has 1 aliphatic rings. The molecule has 3 N–H and O–H groups in total. The lowest BCUT2D eigenvalue weighted by Gasteiger charge is -2.35. The molecular weight excluding hydrogens is 446 g/mol. The first-order valence-corrected chi connectivity index (χ1v) is 11.4. The Morgan fingerprint density at radius 2 is 1.63 bits per heavy atom. The van der Waals surface area contributed by atoms with Crippen LogP contribution in [0.5, 0.6) is 0 Å². The minimum atomic E-state index is -0.777. The van der Waals surface area contributed by atoms with Crippen molar-refractivity contribution in [3.63, 3.8) is 0 Å².